The first-order chi connectivity index (χ1) is 10.2. The molecule has 0 saturated heterocycles. The summed E-state index contributed by atoms with van der Waals surface area (Å²) in [6.45, 7) is 6.05. The van der Waals surface area contributed by atoms with Crippen molar-refractivity contribution in [2.75, 3.05) is 12.3 Å². The zero-order valence-corrected chi connectivity index (χ0v) is 12.7. The standard InChI is InChI=1S/C15H17N3O2S/c1-3-8-16-14(19)10-21-9-13-17-15(20-18-13)12-6-4-11(2)5-7-12/h3-7H,1,8-10H2,2H3,(H,16,19). The molecule has 5 nitrogen and oxygen atoms in total. The molecule has 0 saturated carbocycles. The number of hydrogen-bond acceptors (Lipinski definition) is 5. The van der Waals surface area contributed by atoms with Gasteiger partial charge in [0.1, 0.15) is 0 Å². The molecule has 2 aromatic rings. The van der Waals surface area contributed by atoms with E-state index in [4.69, 9.17) is 4.52 Å². The highest BCUT2D eigenvalue weighted by Gasteiger charge is 2.09. The highest BCUT2D eigenvalue weighted by atomic mass is 32.2. The number of hydrogen-bond donors (Lipinski definition) is 1. The fraction of sp³-hybridized carbons (Fsp3) is 0.267. The summed E-state index contributed by atoms with van der Waals surface area (Å²) in [5.74, 6) is 1.97. The van der Waals surface area contributed by atoms with Gasteiger partial charge in [0.05, 0.1) is 11.5 Å². The number of thioether (sulfide) groups is 1. The molecule has 0 aliphatic carbocycles. The molecule has 0 aliphatic heterocycles. The van der Waals surface area contributed by atoms with Crippen LogP contribution < -0.4 is 5.32 Å². The minimum absolute atomic E-state index is 0.0258. The van der Waals surface area contributed by atoms with Crippen LogP contribution in [0.2, 0.25) is 0 Å². The van der Waals surface area contributed by atoms with E-state index in [0.717, 1.165) is 5.56 Å². The van der Waals surface area contributed by atoms with Crippen molar-refractivity contribution >= 4 is 17.7 Å². The molecule has 0 aliphatic rings. The molecule has 0 unspecified atom stereocenters. The van der Waals surface area contributed by atoms with Gasteiger partial charge >= 0.3 is 0 Å². The molecule has 0 atom stereocenters. The summed E-state index contributed by atoms with van der Waals surface area (Å²) in [7, 11) is 0. The van der Waals surface area contributed by atoms with E-state index in [-0.39, 0.29) is 5.91 Å². The van der Waals surface area contributed by atoms with Gasteiger partial charge in [-0.15, -0.1) is 18.3 Å². The minimum Gasteiger partial charge on any atom is -0.352 e. The van der Waals surface area contributed by atoms with Crippen molar-refractivity contribution in [1.82, 2.24) is 15.5 Å². The molecule has 6 heteroatoms. The van der Waals surface area contributed by atoms with Crippen LogP contribution in [-0.4, -0.2) is 28.3 Å². The molecule has 1 aromatic heterocycles. The van der Waals surface area contributed by atoms with E-state index < -0.39 is 0 Å². The van der Waals surface area contributed by atoms with Crippen molar-refractivity contribution in [2.45, 2.75) is 12.7 Å². The van der Waals surface area contributed by atoms with Crippen LogP contribution >= 0.6 is 11.8 Å². The van der Waals surface area contributed by atoms with E-state index in [9.17, 15) is 4.79 Å². The number of nitrogens with one attached hydrogen (secondary N) is 1. The van der Waals surface area contributed by atoms with Crippen LogP contribution in [0.5, 0.6) is 0 Å². The van der Waals surface area contributed by atoms with Gasteiger partial charge in [-0.3, -0.25) is 4.79 Å². The van der Waals surface area contributed by atoms with Crippen molar-refractivity contribution in [3.05, 3.63) is 48.3 Å². The van der Waals surface area contributed by atoms with Gasteiger partial charge in [0, 0.05) is 12.1 Å². The molecule has 0 fully saturated rings. The molecule has 1 aromatic carbocycles. The van der Waals surface area contributed by atoms with Gasteiger partial charge in [-0.1, -0.05) is 28.9 Å². The lowest BCUT2D eigenvalue weighted by Crippen LogP contribution is -2.25. The van der Waals surface area contributed by atoms with Gasteiger partial charge in [0.15, 0.2) is 5.82 Å². The maximum Gasteiger partial charge on any atom is 0.257 e. The summed E-state index contributed by atoms with van der Waals surface area (Å²) < 4.78 is 5.22. The van der Waals surface area contributed by atoms with Crippen molar-refractivity contribution < 1.29 is 9.32 Å². The second-order valence-corrected chi connectivity index (χ2v) is 5.45. The number of carbonyl (C=O) groups is 1. The number of amides is 1. The van der Waals surface area contributed by atoms with Crippen LogP contribution in [0, 0.1) is 6.92 Å². The normalized spacial score (nSPS) is 10.3. The lowest BCUT2D eigenvalue weighted by Gasteiger charge is -1.99. The average molecular weight is 303 g/mol. The number of carbonyl (C=O) groups excluding carboxylic acids is 1. The second kappa shape index (κ2) is 7.64. The minimum atomic E-state index is -0.0258. The quantitative estimate of drug-likeness (QED) is 0.796. The lowest BCUT2D eigenvalue weighted by molar-refractivity contribution is -0.118. The third-order valence-electron chi connectivity index (χ3n) is 2.67. The Bertz CT molecular complexity index is 608. The van der Waals surface area contributed by atoms with E-state index >= 15 is 0 Å². The maximum atomic E-state index is 11.4. The van der Waals surface area contributed by atoms with Gasteiger partial charge in [0.2, 0.25) is 5.91 Å². The Morgan fingerprint density at radius 2 is 2.19 bits per heavy atom. The van der Waals surface area contributed by atoms with Crippen LogP contribution in [0.25, 0.3) is 11.5 Å². The summed E-state index contributed by atoms with van der Waals surface area (Å²) in [5, 5.41) is 6.63. The second-order valence-electron chi connectivity index (χ2n) is 4.47. The topological polar surface area (TPSA) is 68.0 Å². The molecule has 1 N–H and O–H groups in total. The fourth-order valence-corrected chi connectivity index (χ4v) is 2.29. The Balaban J connectivity index is 1.84. The highest BCUT2D eigenvalue weighted by Crippen LogP contribution is 2.19. The van der Waals surface area contributed by atoms with E-state index in [1.807, 2.05) is 31.2 Å². The number of aryl methyl sites for hydroxylation is 1. The third-order valence-corrected chi connectivity index (χ3v) is 3.60. The van der Waals surface area contributed by atoms with Gasteiger partial charge in [-0.05, 0) is 19.1 Å². The van der Waals surface area contributed by atoms with Crippen LogP contribution in [0.3, 0.4) is 0 Å². The predicted octanol–water partition coefficient (Wildman–Crippen LogP) is 2.58. The molecule has 0 bridgehead atoms. The predicted molar refractivity (Wildman–Crippen MR) is 83.8 cm³/mol. The molecule has 110 valence electrons. The van der Waals surface area contributed by atoms with Gasteiger partial charge < -0.3 is 9.84 Å². The molecule has 1 amide bonds. The Labute approximate surface area is 127 Å². The maximum absolute atomic E-state index is 11.4. The zero-order chi connectivity index (χ0) is 15.1. The van der Waals surface area contributed by atoms with Crippen molar-refractivity contribution in [1.29, 1.82) is 0 Å². The lowest BCUT2D eigenvalue weighted by atomic mass is 10.1. The summed E-state index contributed by atoms with van der Waals surface area (Å²) >= 11 is 1.44. The van der Waals surface area contributed by atoms with E-state index in [0.29, 0.717) is 29.8 Å². The van der Waals surface area contributed by atoms with Crippen molar-refractivity contribution in [3.8, 4) is 11.5 Å². The smallest absolute Gasteiger partial charge is 0.257 e. The molecule has 0 spiro atoms. The first-order valence-electron chi connectivity index (χ1n) is 6.54. The van der Waals surface area contributed by atoms with Gasteiger partial charge in [0.25, 0.3) is 5.89 Å². The van der Waals surface area contributed by atoms with E-state index in [1.54, 1.807) is 6.08 Å². The van der Waals surface area contributed by atoms with Crippen LogP contribution in [0.1, 0.15) is 11.4 Å². The first-order valence-corrected chi connectivity index (χ1v) is 7.69. The molecular formula is C15H17N3O2S. The van der Waals surface area contributed by atoms with Crippen LogP contribution in [0.4, 0.5) is 0 Å². The fourth-order valence-electron chi connectivity index (χ4n) is 1.60. The Morgan fingerprint density at radius 1 is 1.43 bits per heavy atom. The van der Waals surface area contributed by atoms with Gasteiger partial charge in [-0.25, -0.2) is 0 Å². The average Bonchev–Trinajstić information content (AvgIpc) is 2.95. The van der Waals surface area contributed by atoms with Gasteiger partial charge in [-0.2, -0.15) is 4.98 Å². The number of rotatable bonds is 7. The van der Waals surface area contributed by atoms with Crippen molar-refractivity contribution in [2.24, 2.45) is 0 Å². The Hall–Kier alpha value is -2.08. The molecule has 1 heterocycles. The summed E-state index contributed by atoms with van der Waals surface area (Å²) in [4.78, 5) is 15.7. The number of benzene rings is 1. The SMILES string of the molecule is C=CCNC(=O)CSCc1noc(-c2ccc(C)cc2)n1. The summed E-state index contributed by atoms with van der Waals surface area (Å²) in [6, 6.07) is 7.89. The summed E-state index contributed by atoms with van der Waals surface area (Å²) in [5.41, 5.74) is 2.08. The summed E-state index contributed by atoms with van der Waals surface area (Å²) in [6.07, 6.45) is 1.65. The highest BCUT2D eigenvalue weighted by molar-refractivity contribution is 7.99. The third kappa shape index (κ3) is 4.75. The zero-order valence-electron chi connectivity index (χ0n) is 11.8. The first kappa shape index (κ1) is 15.3. The number of nitrogens with zero attached hydrogens (tertiary/aromatic N) is 2. The molecule has 2 rings (SSSR count). The van der Waals surface area contributed by atoms with Crippen LogP contribution in [-0.2, 0) is 10.5 Å². The molecular weight excluding hydrogens is 286 g/mol. The van der Waals surface area contributed by atoms with E-state index in [1.165, 1.54) is 17.3 Å². The molecule has 21 heavy (non-hydrogen) atoms. The van der Waals surface area contributed by atoms with E-state index in [2.05, 4.69) is 22.0 Å². The molecule has 0 radical (unpaired) electrons. The van der Waals surface area contributed by atoms with Crippen molar-refractivity contribution in [3.63, 3.8) is 0 Å². The largest absolute Gasteiger partial charge is 0.352 e. The Kier molecular flexibility index (Phi) is 5.57. The Morgan fingerprint density at radius 3 is 2.90 bits per heavy atom. The number of aromatic nitrogens is 2. The van der Waals surface area contributed by atoms with Crippen LogP contribution in [0.15, 0.2) is 41.4 Å². The monoisotopic (exact) mass is 303 g/mol.